The Bertz CT molecular complexity index is 526. The highest BCUT2D eigenvalue weighted by molar-refractivity contribution is 5.93. The lowest BCUT2D eigenvalue weighted by molar-refractivity contribution is 0.225. The molecule has 0 saturated carbocycles. The Morgan fingerprint density at radius 1 is 0.895 bits per heavy atom. The smallest absolute Gasteiger partial charge is 0.329 e. The van der Waals surface area contributed by atoms with Gasteiger partial charge >= 0.3 is 6.03 Å². The molecule has 0 unspecified atom stereocenters. The molecule has 19 heavy (non-hydrogen) atoms. The summed E-state index contributed by atoms with van der Waals surface area (Å²) in [4.78, 5) is 13.8. The van der Waals surface area contributed by atoms with Crippen molar-refractivity contribution in [3.05, 3.63) is 60.7 Å². The topological polar surface area (TPSA) is 35.6 Å². The molecule has 4 heteroatoms. The van der Waals surface area contributed by atoms with E-state index in [2.05, 4.69) is 5.43 Å². The highest BCUT2D eigenvalue weighted by Gasteiger charge is 2.17. The van der Waals surface area contributed by atoms with Crippen molar-refractivity contribution in [2.45, 2.75) is 0 Å². The molecule has 2 amide bonds. The van der Waals surface area contributed by atoms with Gasteiger partial charge in [0, 0.05) is 14.1 Å². The Morgan fingerprint density at radius 2 is 1.42 bits per heavy atom. The quantitative estimate of drug-likeness (QED) is 0.855. The number of rotatable bonds is 3. The van der Waals surface area contributed by atoms with Crippen molar-refractivity contribution < 1.29 is 4.79 Å². The van der Waals surface area contributed by atoms with Crippen molar-refractivity contribution in [3.63, 3.8) is 0 Å². The second kappa shape index (κ2) is 5.91. The highest BCUT2D eigenvalue weighted by Crippen LogP contribution is 2.17. The Hall–Kier alpha value is -2.49. The first kappa shape index (κ1) is 13.0. The Labute approximate surface area is 113 Å². The van der Waals surface area contributed by atoms with Gasteiger partial charge < -0.3 is 4.90 Å². The van der Waals surface area contributed by atoms with Gasteiger partial charge in [0.15, 0.2) is 0 Å². The third-order valence-corrected chi connectivity index (χ3v) is 2.60. The van der Waals surface area contributed by atoms with Gasteiger partial charge in [-0.15, -0.1) is 0 Å². The molecule has 0 fully saturated rings. The van der Waals surface area contributed by atoms with Gasteiger partial charge in [0.1, 0.15) is 0 Å². The number of carbonyl (C=O) groups is 1. The molecule has 1 N–H and O–H groups in total. The zero-order valence-electron chi connectivity index (χ0n) is 11.1. The van der Waals surface area contributed by atoms with E-state index in [0.29, 0.717) is 0 Å². The summed E-state index contributed by atoms with van der Waals surface area (Å²) in [6, 6.07) is 19.0. The van der Waals surface area contributed by atoms with Gasteiger partial charge in [-0.05, 0) is 24.3 Å². The third kappa shape index (κ3) is 3.25. The molecule has 0 heterocycles. The minimum atomic E-state index is -0.130. The van der Waals surface area contributed by atoms with Crippen molar-refractivity contribution in [3.8, 4) is 0 Å². The fourth-order valence-corrected chi connectivity index (χ4v) is 1.64. The molecule has 0 aromatic heterocycles. The zero-order valence-corrected chi connectivity index (χ0v) is 11.1. The lowest BCUT2D eigenvalue weighted by atomic mass is 10.3. The lowest BCUT2D eigenvalue weighted by Gasteiger charge is -2.27. The van der Waals surface area contributed by atoms with Gasteiger partial charge in [-0.25, -0.2) is 9.80 Å². The maximum atomic E-state index is 12.2. The van der Waals surface area contributed by atoms with E-state index >= 15 is 0 Å². The minimum Gasteiger partial charge on any atom is -0.329 e. The number of hydrazine groups is 1. The number of hydrogen-bond donors (Lipinski definition) is 1. The second-order valence-corrected chi connectivity index (χ2v) is 4.33. The van der Waals surface area contributed by atoms with Crippen molar-refractivity contribution in [1.29, 1.82) is 0 Å². The number of para-hydroxylation sites is 2. The number of anilines is 2. The number of benzene rings is 2. The van der Waals surface area contributed by atoms with Crippen molar-refractivity contribution in [2.24, 2.45) is 0 Å². The number of carbonyl (C=O) groups excluding carboxylic acids is 1. The van der Waals surface area contributed by atoms with E-state index in [9.17, 15) is 4.79 Å². The molecule has 0 spiro atoms. The van der Waals surface area contributed by atoms with E-state index in [1.807, 2.05) is 60.7 Å². The summed E-state index contributed by atoms with van der Waals surface area (Å²) < 4.78 is 0. The van der Waals surface area contributed by atoms with Crippen LogP contribution in [0.4, 0.5) is 16.2 Å². The highest BCUT2D eigenvalue weighted by atomic mass is 16.2. The fourth-order valence-electron chi connectivity index (χ4n) is 1.64. The molecule has 2 aromatic carbocycles. The summed E-state index contributed by atoms with van der Waals surface area (Å²) in [7, 11) is 3.45. The predicted octanol–water partition coefficient (Wildman–Crippen LogP) is 3.20. The monoisotopic (exact) mass is 255 g/mol. The normalized spacial score (nSPS) is 9.79. The fraction of sp³-hybridized carbons (Fsp3) is 0.133. The third-order valence-electron chi connectivity index (χ3n) is 2.60. The van der Waals surface area contributed by atoms with Gasteiger partial charge in [0.2, 0.25) is 0 Å². The van der Waals surface area contributed by atoms with Crippen LogP contribution in [0.2, 0.25) is 0 Å². The van der Waals surface area contributed by atoms with Crippen LogP contribution >= 0.6 is 0 Å². The van der Waals surface area contributed by atoms with E-state index in [1.165, 1.54) is 9.91 Å². The SMILES string of the molecule is CN(C)C(=O)N(Nc1ccccc1)c1ccccc1. The molecule has 0 aliphatic carbocycles. The number of hydrogen-bond acceptors (Lipinski definition) is 2. The number of amides is 2. The minimum absolute atomic E-state index is 0.130. The van der Waals surface area contributed by atoms with Crippen molar-refractivity contribution >= 4 is 17.4 Å². The molecule has 0 saturated heterocycles. The summed E-state index contributed by atoms with van der Waals surface area (Å²) in [5.74, 6) is 0. The molecular formula is C15H17N3O. The summed E-state index contributed by atoms with van der Waals surface area (Å²) in [5.41, 5.74) is 4.78. The van der Waals surface area contributed by atoms with Gasteiger partial charge in [0.05, 0.1) is 11.4 Å². The van der Waals surface area contributed by atoms with Crippen LogP contribution in [0.15, 0.2) is 60.7 Å². The predicted molar refractivity (Wildman–Crippen MR) is 78.1 cm³/mol. The van der Waals surface area contributed by atoms with Crippen LogP contribution in [0.1, 0.15) is 0 Å². The zero-order chi connectivity index (χ0) is 13.7. The van der Waals surface area contributed by atoms with Gasteiger partial charge in [-0.2, -0.15) is 0 Å². The summed E-state index contributed by atoms with van der Waals surface area (Å²) >= 11 is 0. The molecule has 0 aliphatic rings. The molecule has 98 valence electrons. The maximum Gasteiger partial charge on any atom is 0.342 e. The van der Waals surface area contributed by atoms with Crippen LogP contribution in [0, 0.1) is 0 Å². The molecule has 0 aliphatic heterocycles. The molecule has 2 rings (SSSR count). The van der Waals surface area contributed by atoms with E-state index in [0.717, 1.165) is 11.4 Å². The standard InChI is InChI=1S/C15H17N3O/c1-17(2)15(19)18(14-11-7-4-8-12-14)16-13-9-5-3-6-10-13/h3-12,16H,1-2H3. The van der Waals surface area contributed by atoms with Crippen LogP contribution in [0.5, 0.6) is 0 Å². The average molecular weight is 255 g/mol. The summed E-state index contributed by atoms with van der Waals surface area (Å²) in [6.45, 7) is 0. The van der Waals surface area contributed by atoms with E-state index in [-0.39, 0.29) is 6.03 Å². The Balaban J connectivity index is 2.28. The van der Waals surface area contributed by atoms with Crippen LogP contribution in [0.3, 0.4) is 0 Å². The summed E-state index contributed by atoms with van der Waals surface area (Å²) in [5, 5.41) is 1.52. The van der Waals surface area contributed by atoms with Crippen molar-refractivity contribution in [1.82, 2.24) is 4.90 Å². The van der Waals surface area contributed by atoms with E-state index < -0.39 is 0 Å². The largest absolute Gasteiger partial charge is 0.342 e. The van der Waals surface area contributed by atoms with Crippen LogP contribution in [-0.2, 0) is 0 Å². The first-order chi connectivity index (χ1) is 9.18. The van der Waals surface area contributed by atoms with Gasteiger partial charge in [-0.1, -0.05) is 36.4 Å². The van der Waals surface area contributed by atoms with Crippen molar-refractivity contribution in [2.75, 3.05) is 24.5 Å². The van der Waals surface area contributed by atoms with Crippen LogP contribution < -0.4 is 10.4 Å². The summed E-state index contributed by atoms with van der Waals surface area (Å²) in [6.07, 6.45) is 0. The average Bonchev–Trinajstić information content (AvgIpc) is 2.46. The second-order valence-electron chi connectivity index (χ2n) is 4.33. The maximum absolute atomic E-state index is 12.2. The first-order valence-electron chi connectivity index (χ1n) is 6.06. The Kier molecular flexibility index (Phi) is 4.03. The Morgan fingerprint density at radius 3 is 1.95 bits per heavy atom. The number of nitrogens with zero attached hydrogens (tertiary/aromatic N) is 2. The van der Waals surface area contributed by atoms with Gasteiger partial charge in [-0.3, -0.25) is 5.43 Å². The van der Waals surface area contributed by atoms with E-state index in [1.54, 1.807) is 14.1 Å². The number of nitrogens with one attached hydrogen (secondary N) is 1. The molecule has 4 nitrogen and oxygen atoms in total. The van der Waals surface area contributed by atoms with Crippen LogP contribution in [0.25, 0.3) is 0 Å². The lowest BCUT2D eigenvalue weighted by Crippen LogP contribution is -2.43. The first-order valence-corrected chi connectivity index (χ1v) is 6.06. The van der Waals surface area contributed by atoms with E-state index in [4.69, 9.17) is 0 Å². The molecule has 0 radical (unpaired) electrons. The number of urea groups is 1. The molecule has 0 bridgehead atoms. The molecule has 0 atom stereocenters. The molecular weight excluding hydrogens is 238 g/mol. The van der Waals surface area contributed by atoms with Gasteiger partial charge in [0.25, 0.3) is 0 Å². The molecule has 2 aromatic rings. The van der Waals surface area contributed by atoms with Crippen LogP contribution in [-0.4, -0.2) is 25.0 Å².